The number of nitro benzene ring substituents is 1. The number of hydrogen-bond acceptors (Lipinski definition) is 6. The van der Waals surface area contributed by atoms with Gasteiger partial charge in [0.1, 0.15) is 6.61 Å². The average Bonchev–Trinajstić information content (AvgIpc) is 3.28. The summed E-state index contributed by atoms with van der Waals surface area (Å²) in [5.74, 6) is -1.04. The summed E-state index contributed by atoms with van der Waals surface area (Å²) in [5.41, 5.74) is 1.71. The Morgan fingerprint density at radius 1 is 1.03 bits per heavy atom. The van der Waals surface area contributed by atoms with Gasteiger partial charge in [0.15, 0.2) is 0 Å². The van der Waals surface area contributed by atoms with E-state index >= 15 is 0 Å². The third kappa shape index (κ3) is 5.39. The topological polar surface area (TPSA) is 131 Å². The van der Waals surface area contributed by atoms with Crippen LogP contribution in [0.5, 0.6) is 0 Å². The van der Waals surface area contributed by atoms with Gasteiger partial charge in [0.25, 0.3) is 17.5 Å². The van der Waals surface area contributed by atoms with Crippen molar-refractivity contribution >= 4 is 46.6 Å². The zero-order valence-corrected chi connectivity index (χ0v) is 18.9. The minimum atomic E-state index is -0.615. The van der Waals surface area contributed by atoms with E-state index in [1.807, 2.05) is 6.07 Å². The number of para-hydroxylation sites is 1. The first-order valence-electron chi connectivity index (χ1n) is 10.5. The maximum absolute atomic E-state index is 12.9. The van der Waals surface area contributed by atoms with E-state index in [9.17, 15) is 24.5 Å². The van der Waals surface area contributed by atoms with Crippen LogP contribution in [0.4, 0.5) is 21.9 Å². The molecule has 1 saturated heterocycles. The van der Waals surface area contributed by atoms with Gasteiger partial charge in [-0.1, -0.05) is 35.9 Å². The predicted molar refractivity (Wildman–Crippen MR) is 129 cm³/mol. The summed E-state index contributed by atoms with van der Waals surface area (Å²) in [6.07, 6.45) is -0.413. The van der Waals surface area contributed by atoms with Crippen molar-refractivity contribution in [2.45, 2.75) is 6.54 Å². The Kier molecular flexibility index (Phi) is 6.93. The lowest BCUT2D eigenvalue weighted by molar-refractivity contribution is -0.384. The monoisotopic (exact) mass is 494 g/mol. The minimum Gasteiger partial charge on any atom is -0.447 e. The molecule has 1 aliphatic rings. The van der Waals surface area contributed by atoms with Gasteiger partial charge in [-0.05, 0) is 35.9 Å². The Labute approximate surface area is 204 Å². The number of halogens is 1. The quantitative estimate of drug-likeness (QED) is 0.370. The second kappa shape index (κ2) is 10.2. The van der Waals surface area contributed by atoms with E-state index in [4.69, 9.17) is 16.3 Å². The summed E-state index contributed by atoms with van der Waals surface area (Å²) < 4.78 is 4.96. The van der Waals surface area contributed by atoms with Crippen molar-refractivity contribution in [3.05, 3.63) is 98.6 Å². The number of rotatable bonds is 7. The van der Waals surface area contributed by atoms with E-state index < -0.39 is 22.8 Å². The maximum atomic E-state index is 12.9. The molecular formula is C24H19ClN4O6. The van der Waals surface area contributed by atoms with Crippen LogP contribution in [0, 0.1) is 10.1 Å². The highest BCUT2D eigenvalue weighted by molar-refractivity contribution is 6.34. The van der Waals surface area contributed by atoms with Crippen LogP contribution in [0.3, 0.4) is 0 Å². The molecule has 3 aromatic rings. The number of nitro groups is 1. The van der Waals surface area contributed by atoms with E-state index in [2.05, 4.69) is 10.6 Å². The predicted octanol–water partition coefficient (Wildman–Crippen LogP) is 4.39. The molecular weight excluding hydrogens is 476 g/mol. The van der Waals surface area contributed by atoms with Crippen molar-refractivity contribution in [2.24, 2.45) is 0 Å². The molecule has 35 heavy (non-hydrogen) atoms. The van der Waals surface area contributed by atoms with Crippen molar-refractivity contribution in [3.8, 4) is 0 Å². The second-order valence-corrected chi connectivity index (χ2v) is 7.95. The molecule has 3 aromatic carbocycles. The van der Waals surface area contributed by atoms with Crippen molar-refractivity contribution in [2.75, 3.05) is 23.4 Å². The Morgan fingerprint density at radius 2 is 1.83 bits per heavy atom. The smallest absolute Gasteiger partial charge is 0.414 e. The molecule has 10 nitrogen and oxygen atoms in total. The molecule has 0 radical (unpaired) electrons. The number of ether oxygens (including phenoxy) is 1. The third-order valence-corrected chi connectivity index (χ3v) is 5.58. The van der Waals surface area contributed by atoms with Crippen molar-refractivity contribution in [1.82, 2.24) is 5.32 Å². The highest BCUT2D eigenvalue weighted by Gasteiger charge is 2.23. The van der Waals surface area contributed by atoms with Crippen LogP contribution in [-0.4, -0.2) is 36.0 Å². The Balaban J connectivity index is 1.45. The normalized spacial score (nSPS) is 12.7. The molecule has 11 heteroatoms. The molecule has 0 saturated carbocycles. The molecule has 1 aliphatic heterocycles. The van der Waals surface area contributed by atoms with Gasteiger partial charge in [-0.3, -0.25) is 24.6 Å². The van der Waals surface area contributed by atoms with Crippen LogP contribution in [0.25, 0.3) is 0 Å². The van der Waals surface area contributed by atoms with E-state index in [0.717, 1.165) is 11.6 Å². The van der Waals surface area contributed by atoms with Gasteiger partial charge in [0.2, 0.25) is 0 Å². The molecule has 4 rings (SSSR count). The fourth-order valence-corrected chi connectivity index (χ4v) is 3.78. The van der Waals surface area contributed by atoms with Crippen LogP contribution in [-0.2, 0) is 11.3 Å². The van der Waals surface area contributed by atoms with Gasteiger partial charge in [-0.2, -0.15) is 0 Å². The van der Waals surface area contributed by atoms with Gasteiger partial charge in [-0.15, -0.1) is 0 Å². The first kappa shape index (κ1) is 23.7. The van der Waals surface area contributed by atoms with Crippen LogP contribution in [0.1, 0.15) is 26.3 Å². The van der Waals surface area contributed by atoms with Crippen molar-refractivity contribution in [1.29, 1.82) is 0 Å². The average molecular weight is 495 g/mol. The molecule has 0 unspecified atom stereocenters. The molecule has 0 aromatic heterocycles. The van der Waals surface area contributed by atoms with E-state index in [1.165, 1.54) is 17.0 Å². The third-order valence-electron chi connectivity index (χ3n) is 5.26. The summed E-state index contributed by atoms with van der Waals surface area (Å²) in [7, 11) is 0. The molecule has 178 valence electrons. The zero-order valence-electron chi connectivity index (χ0n) is 18.2. The minimum absolute atomic E-state index is 0.0322. The molecule has 3 amide bonds. The number of carbonyl (C=O) groups is 3. The number of anilines is 2. The van der Waals surface area contributed by atoms with Crippen LogP contribution in [0.15, 0.2) is 66.7 Å². The molecule has 2 N–H and O–H groups in total. The highest BCUT2D eigenvalue weighted by atomic mass is 35.5. The number of carbonyl (C=O) groups excluding carboxylic acids is 3. The molecule has 1 fully saturated rings. The molecule has 1 heterocycles. The second-order valence-electron chi connectivity index (χ2n) is 7.54. The summed E-state index contributed by atoms with van der Waals surface area (Å²) in [5, 5.41) is 16.2. The van der Waals surface area contributed by atoms with Gasteiger partial charge >= 0.3 is 6.09 Å². The Hall–Kier alpha value is -4.44. The Bertz CT molecular complexity index is 1330. The van der Waals surface area contributed by atoms with Crippen LogP contribution < -0.4 is 15.5 Å². The lowest BCUT2D eigenvalue weighted by atomic mass is 10.1. The number of benzene rings is 3. The highest BCUT2D eigenvalue weighted by Crippen LogP contribution is 2.25. The van der Waals surface area contributed by atoms with Crippen LogP contribution in [0.2, 0.25) is 5.02 Å². The lowest BCUT2D eigenvalue weighted by Gasteiger charge is -2.15. The summed E-state index contributed by atoms with van der Waals surface area (Å²) >= 11 is 6.05. The van der Waals surface area contributed by atoms with E-state index in [1.54, 1.807) is 42.5 Å². The van der Waals surface area contributed by atoms with Gasteiger partial charge in [-0.25, -0.2) is 4.79 Å². The SMILES string of the molecule is O=C(Nc1ccccc1C(=O)NCc1cccc(N2CCOC2=O)c1)c1ccc([N+](=O)[O-])cc1Cl. The Morgan fingerprint density at radius 3 is 2.54 bits per heavy atom. The first-order valence-corrected chi connectivity index (χ1v) is 10.9. The number of amides is 3. The zero-order chi connectivity index (χ0) is 24.9. The standard InChI is InChI=1S/C24H19ClN4O6/c25-20-13-17(29(33)34)8-9-18(20)23(31)27-21-7-2-1-6-19(21)22(30)26-14-15-4-3-5-16(12-15)28-10-11-35-24(28)32/h1-9,12-13H,10-11,14H2,(H,26,30)(H,27,31). The van der Waals surface area contributed by atoms with Crippen molar-refractivity contribution in [3.63, 3.8) is 0 Å². The van der Waals surface area contributed by atoms with Gasteiger partial charge < -0.3 is 15.4 Å². The van der Waals surface area contributed by atoms with E-state index in [0.29, 0.717) is 18.8 Å². The fourth-order valence-electron chi connectivity index (χ4n) is 3.52. The van der Waals surface area contributed by atoms with Gasteiger partial charge in [0, 0.05) is 24.4 Å². The summed E-state index contributed by atoms with van der Waals surface area (Å²) in [6.45, 7) is 0.972. The molecule has 0 aliphatic carbocycles. The number of nitrogens with one attached hydrogen (secondary N) is 2. The van der Waals surface area contributed by atoms with Crippen molar-refractivity contribution < 1.29 is 24.0 Å². The summed E-state index contributed by atoms with van der Waals surface area (Å²) in [6, 6.07) is 17.1. The number of hydrogen-bond donors (Lipinski definition) is 2. The first-order chi connectivity index (χ1) is 16.8. The van der Waals surface area contributed by atoms with Gasteiger partial charge in [0.05, 0.1) is 33.3 Å². The number of non-ortho nitro benzene ring substituents is 1. The molecule has 0 atom stereocenters. The van der Waals surface area contributed by atoms with Crippen LogP contribution >= 0.6 is 11.6 Å². The largest absolute Gasteiger partial charge is 0.447 e. The molecule has 0 spiro atoms. The van der Waals surface area contributed by atoms with E-state index in [-0.39, 0.29) is 34.1 Å². The molecule has 0 bridgehead atoms. The fraction of sp³-hybridized carbons (Fsp3) is 0.125. The maximum Gasteiger partial charge on any atom is 0.414 e. The lowest BCUT2D eigenvalue weighted by Crippen LogP contribution is -2.26. The summed E-state index contributed by atoms with van der Waals surface area (Å²) in [4.78, 5) is 49.2. The number of cyclic esters (lactones) is 1. The number of nitrogens with zero attached hydrogens (tertiary/aromatic N) is 2.